The molecular formula is C10H12N2O3S. The lowest BCUT2D eigenvalue weighted by Crippen LogP contribution is -2.10. The summed E-state index contributed by atoms with van der Waals surface area (Å²) in [5, 5.41) is 8.99. The molecule has 16 heavy (non-hydrogen) atoms. The van der Waals surface area contributed by atoms with Gasteiger partial charge in [0.2, 0.25) is 0 Å². The van der Waals surface area contributed by atoms with Crippen LogP contribution in [0.1, 0.15) is 28.7 Å². The number of carboxylic acid groups (broad SMARTS) is 1. The number of nitrogens with zero attached hydrogens (tertiary/aromatic N) is 2. The molecule has 0 radical (unpaired) electrons. The van der Waals surface area contributed by atoms with Crippen molar-refractivity contribution in [2.45, 2.75) is 12.3 Å². The van der Waals surface area contributed by atoms with E-state index < -0.39 is 5.97 Å². The third-order valence-corrected chi connectivity index (χ3v) is 3.65. The van der Waals surface area contributed by atoms with Crippen molar-refractivity contribution in [1.29, 1.82) is 0 Å². The molecule has 0 amide bonds. The molecule has 1 unspecified atom stereocenters. The van der Waals surface area contributed by atoms with Crippen LogP contribution in [0.3, 0.4) is 0 Å². The maximum absolute atomic E-state index is 11.0. The normalized spacial score (nSPS) is 19.7. The first kappa shape index (κ1) is 11.2. The maximum atomic E-state index is 11.0. The van der Waals surface area contributed by atoms with Crippen LogP contribution in [-0.2, 0) is 0 Å². The van der Waals surface area contributed by atoms with E-state index in [1.165, 1.54) is 13.3 Å². The van der Waals surface area contributed by atoms with Crippen LogP contribution in [0.4, 0.5) is 0 Å². The zero-order valence-electron chi connectivity index (χ0n) is 8.84. The van der Waals surface area contributed by atoms with Crippen LogP contribution in [0, 0.1) is 0 Å². The monoisotopic (exact) mass is 240 g/mol. The molecule has 0 spiro atoms. The minimum Gasteiger partial charge on any atom is -0.493 e. The Balaban J connectivity index is 2.34. The Hall–Kier alpha value is -1.30. The molecule has 0 bridgehead atoms. The Morgan fingerprint density at radius 3 is 3.06 bits per heavy atom. The van der Waals surface area contributed by atoms with Crippen molar-refractivity contribution in [2.24, 2.45) is 0 Å². The molecule has 1 aromatic heterocycles. The van der Waals surface area contributed by atoms with E-state index in [2.05, 4.69) is 9.97 Å². The van der Waals surface area contributed by atoms with Gasteiger partial charge < -0.3 is 9.84 Å². The third-order valence-electron chi connectivity index (χ3n) is 2.49. The summed E-state index contributed by atoms with van der Waals surface area (Å²) in [7, 11) is 1.41. The van der Waals surface area contributed by atoms with E-state index in [1.807, 2.05) is 11.8 Å². The minimum absolute atomic E-state index is 0.0515. The zero-order chi connectivity index (χ0) is 11.5. The van der Waals surface area contributed by atoms with Gasteiger partial charge in [-0.1, -0.05) is 0 Å². The van der Waals surface area contributed by atoms with Gasteiger partial charge in [-0.25, -0.2) is 14.8 Å². The van der Waals surface area contributed by atoms with Crippen LogP contribution < -0.4 is 4.74 Å². The fourth-order valence-corrected chi connectivity index (χ4v) is 2.84. The standard InChI is InChI=1S/C10H12N2O3S/c1-15-7-4-11-9(6-2-3-16-5-6)12-8(7)10(13)14/h4,6H,2-3,5H2,1H3,(H,13,14). The molecule has 1 fully saturated rings. The molecule has 1 saturated heterocycles. The summed E-state index contributed by atoms with van der Waals surface area (Å²) in [5.74, 6) is 2.07. The second-order valence-electron chi connectivity index (χ2n) is 3.51. The topological polar surface area (TPSA) is 72.3 Å². The molecular weight excluding hydrogens is 228 g/mol. The summed E-state index contributed by atoms with van der Waals surface area (Å²) in [6, 6.07) is 0. The average Bonchev–Trinajstić information content (AvgIpc) is 2.81. The smallest absolute Gasteiger partial charge is 0.358 e. The lowest BCUT2D eigenvalue weighted by Gasteiger charge is -2.09. The highest BCUT2D eigenvalue weighted by atomic mass is 32.2. The maximum Gasteiger partial charge on any atom is 0.358 e. The summed E-state index contributed by atoms with van der Waals surface area (Å²) >= 11 is 1.84. The fraction of sp³-hybridized carbons (Fsp3) is 0.500. The van der Waals surface area contributed by atoms with Crippen molar-refractivity contribution in [3.8, 4) is 5.75 Å². The van der Waals surface area contributed by atoms with Gasteiger partial charge in [0.05, 0.1) is 13.3 Å². The molecule has 0 aromatic carbocycles. The fourth-order valence-electron chi connectivity index (χ4n) is 1.62. The predicted molar refractivity (Wildman–Crippen MR) is 60.2 cm³/mol. The summed E-state index contributed by atoms with van der Waals surface area (Å²) in [6.45, 7) is 0. The Morgan fingerprint density at radius 1 is 1.69 bits per heavy atom. The van der Waals surface area contributed by atoms with E-state index in [4.69, 9.17) is 9.84 Å². The minimum atomic E-state index is -1.08. The van der Waals surface area contributed by atoms with Crippen molar-refractivity contribution >= 4 is 17.7 Å². The molecule has 1 aliphatic heterocycles. The Bertz CT molecular complexity index is 405. The highest BCUT2D eigenvalue weighted by Gasteiger charge is 2.23. The number of aromatic nitrogens is 2. The average molecular weight is 240 g/mol. The van der Waals surface area contributed by atoms with Crippen molar-refractivity contribution in [3.63, 3.8) is 0 Å². The van der Waals surface area contributed by atoms with Crippen molar-refractivity contribution in [3.05, 3.63) is 17.7 Å². The summed E-state index contributed by atoms with van der Waals surface area (Å²) in [6.07, 6.45) is 2.45. The molecule has 0 saturated carbocycles. The number of rotatable bonds is 3. The first-order chi connectivity index (χ1) is 7.72. The number of thioether (sulfide) groups is 1. The highest BCUT2D eigenvalue weighted by molar-refractivity contribution is 7.99. The Labute approximate surface area is 97.2 Å². The molecule has 1 N–H and O–H groups in total. The highest BCUT2D eigenvalue weighted by Crippen LogP contribution is 2.31. The number of ether oxygens (including phenoxy) is 1. The van der Waals surface area contributed by atoms with Crippen LogP contribution >= 0.6 is 11.8 Å². The van der Waals surface area contributed by atoms with Gasteiger partial charge in [0.15, 0.2) is 11.4 Å². The summed E-state index contributed by atoms with van der Waals surface area (Å²) < 4.78 is 4.91. The van der Waals surface area contributed by atoms with Gasteiger partial charge in [0, 0.05) is 11.7 Å². The van der Waals surface area contributed by atoms with Gasteiger partial charge in [-0.15, -0.1) is 0 Å². The number of carbonyl (C=O) groups is 1. The molecule has 0 aliphatic carbocycles. The zero-order valence-corrected chi connectivity index (χ0v) is 9.66. The van der Waals surface area contributed by atoms with Crippen LogP contribution in [0.15, 0.2) is 6.20 Å². The van der Waals surface area contributed by atoms with Crippen molar-refractivity contribution < 1.29 is 14.6 Å². The Morgan fingerprint density at radius 2 is 2.50 bits per heavy atom. The van der Waals surface area contributed by atoms with Gasteiger partial charge >= 0.3 is 5.97 Å². The first-order valence-corrected chi connectivity index (χ1v) is 6.10. The van der Waals surface area contributed by atoms with Crippen LogP contribution in [-0.4, -0.2) is 39.7 Å². The predicted octanol–water partition coefficient (Wildman–Crippen LogP) is 1.40. The van der Waals surface area contributed by atoms with Crippen LogP contribution in [0.2, 0.25) is 0 Å². The van der Waals surface area contributed by atoms with Gasteiger partial charge in [-0.3, -0.25) is 0 Å². The molecule has 1 aromatic rings. The second-order valence-corrected chi connectivity index (χ2v) is 4.66. The molecule has 2 heterocycles. The van der Waals surface area contributed by atoms with Crippen molar-refractivity contribution in [1.82, 2.24) is 9.97 Å². The van der Waals surface area contributed by atoms with E-state index >= 15 is 0 Å². The SMILES string of the molecule is COc1cnc(C2CCSC2)nc1C(=O)O. The quantitative estimate of drug-likeness (QED) is 0.861. The second kappa shape index (κ2) is 4.69. The molecule has 2 rings (SSSR count). The third kappa shape index (κ3) is 2.11. The number of carboxylic acids is 1. The molecule has 5 nitrogen and oxygen atoms in total. The number of hydrogen-bond acceptors (Lipinski definition) is 5. The lowest BCUT2D eigenvalue weighted by atomic mass is 10.1. The van der Waals surface area contributed by atoms with Crippen LogP contribution in [0.25, 0.3) is 0 Å². The molecule has 6 heteroatoms. The van der Waals surface area contributed by atoms with Gasteiger partial charge in [0.25, 0.3) is 0 Å². The van der Waals surface area contributed by atoms with Crippen molar-refractivity contribution in [2.75, 3.05) is 18.6 Å². The molecule has 86 valence electrons. The number of aromatic carboxylic acids is 1. The Kier molecular flexibility index (Phi) is 3.28. The van der Waals surface area contributed by atoms with Gasteiger partial charge in [-0.2, -0.15) is 11.8 Å². The van der Waals surface area contributed by atoms with E-state index in [-0.39, 0.29) is 17.4 Å². The molecule has 1 atom stereocenters. The molecule has 1 aliphatic rings. The van der Waals surface area contributed by atoms with E-state index in [9.17, 15) is 4.79 Å². The van der Waals surface area contributed by atoms with E-state index in [1.54, 1.807) is 0 Å². The number of hydrogen-bond donors (Lipinski definition) is 1. The van der Waals surface area contributed by atoms with Crippen LogP contribution in [0.5, 0.6) is 5.75 Å². The van der Waals surface area contributed by atoms with Gasteiger partial charge in [0.1, 0.15) is 5.82 Å². The summed E-state index contributed by atoms with van der Waals surface area (Å²) in [4.78, 5) is 19.2. The lowest BCUT2D eigenvalue weighted by molar-refractivity contribution is 0.0685. The van der Waals surface area contributed by atoms with Gasteiger partial charge in [-0.05, 0) is 12.2 Å². The largest absolute Gasteiger partial charge is 0.493 e. The summed E-state index contributed by atoms with van der Waals surface area (Å²) in [5.41, 5.74) is -0.0515. The van der Waals surface area contributed by atoms with E-state index in [0.29, 0.717) is 5.82 Å². The van der Waals surface area contributed by atoms with E-state index in [0.717, 1.165) is 17.9 Å². The first-order valence-electron chi connectivity index (χ1n) is 4.94. The number of methoxy groups -OCH3 is 1.